The maximum absolute atomic E-state index is 6.13. The summed E-state index contributed by atoms with van der Waals surface area (Å²) in [5, 5.41) is 3.61. The summed E-state index contributed by atoms with van der Waals surface area (Å²) in [4.78, 5) is 12.3. The monoisotopic (exact) mass is 472 g/mol. The van der Waals surface area contributed by atoms with Crippen molar-refractivity contribution in [1.82, 2.24) is 19.8 Å². The molecule has 4 bridgehead atoms. The summed E-state index contributed by atoms with van der Waals surface area (Å²) in [6, 6.07) is 15.7. The molecule has 2 aromatic carbocycles. The molecule has 0 spiro atoms. The fraction of sp³-hybridized carbons (Fsp3) is 0.448. The van der Waals surface area contributed by atoms with Gasteiger partial charge in [-0.3, -0.25) is 9.80 Å². The van der Waals surface area contributed by atoms with Crippen LogP contribution in [0.15, 0.2) is 36.4 Å². The van der Waals surface area contributed by atoms with Crippen LogP contribution in [-0.2, 0) is 12.8 Å². The molecule has 4 atom stereocenters. The second kappa shape index (κ2) is 7.61. The van der Waals surface area contributed by atoms with E-state index < -0.39 is 0 Å². The third-order valence-corrected chi connectivity index (χ3v) is 9.42. The fourth-order valence-electron chi connectivity index (χ4n) is 7.39. The first-order valence-electron chi connectivity index (χ1n) is 12.8. The van der Waals surface area contributed by atoms with Gasteiger partial charge in [0.2, 0.25) is 0 Å². The van der Waals surface area contributed by atoms with Crippen LogP contribution in [0.3, 0.4) is 0 Å². The van der Waals surface area contributed by atoms with Gasteiger partial charge in [-0.15, -0.1) is 0 Å². The predicted molar refractivity (Wildman–Crippen MR) is 141 cm³/mol. The molecule has 0 radical (unpaired) electrons. The zero-order valence-corrected chi connectivity index (χ0v) is 21.0. The summed E-state index contributed by atoms with van der Waals surface area (Å²) in [5.74, 6) is 0. The molecule has 0 aliphatic carbocycles. The largest absolute Gasteiger partial charge is 0.358 e. The number of fused-ring (bicyclic) bond motifs is 12. The quantitative estimate of drug-likeness (QED) is 0.299. The van der Waals surface area contributed by atoms with E-state index in [1.165, 1.54) is 76.4 Å². The summed E-state index contributed by atoms with van der Waals surface area (Å²) < 4.78 is 0. The van der Waals surface area contributed by atoms with E-state index in [1.54, 1.807) is 5.56 Å². The molecule has 6 heterocycles. The highest BCUT2D eigenvalue weighted by atomic mass is 35.5. The molecular weight excluding hydrogens is 440 g/mol. The highest BCUT2D eigenvalue weighted by Crippen LogP contribution is 2.46. The Morgan fingerprint density at radius 3 is 1.85 bits per heavy atom. The Morgan fingerprint density at radius 1 is 0.735 bits per heavy atom. The Labute approximate surface area is 206 Å². The van der Waals surface area contributed by atoms with Gasteiger partial charge >= 0.3 is 0 Å². The number of aryl methyl sites for hydroxylation is 1. The molecule has 4 nitrogen and oxygen atoms in total. The van der Waals surface area contributed by atoms with Crippen LogP contribution in [0.4, 0.5) is 0 Å². The van der Waals surface area contributed by atoms with Crippen molar-refractivity contribution in [3.8, 4) is 0 Å². The molecule has 5 heteroatoms. The van der Waals surface area contributed by atoms with Gasteiger partial charge in [0, 0.05) is 75.2 Å². The smallest absolute Gasteiger partial charge is 0.0460 e. The summed E-state index contributed by atoms with van der Waals surface area (Å²) >= 11 is 6.13. The van der Waals surface area contributed by atoms with E-state index in [0.29, 0.717) is 12.1 Å². The first-order valence-corrected chi connectivity index (χ1v) is 13.2. The topological polar surface area (TPSA) is 38.1 Å². The first-order chi connectivity index (χ1) is 16.5. The van der Waals surface area contributed by atoms with E-state index >= 15 is 0 Å². The molecule has 2 N–H and O–H groups in total. The first kappa shape index (κ1) is 21.0. The number of halogens is 1. The van der Waals surface area contributed by atoms with Crippen molar-refractivity contribution in [3.63, 3.8) is 0 Å². The number of rotatable bonds is 0. The van der Waals surface area contributed by atoms with Crippen molar-refractivity contribution in [3.05, 3.63) is 69.5 Å². The lowest BCUT2D eigenvalue weighted by molar-refractivity contribution is 0.224. The fourth-order valence-corrected chi connectivity index (χ4v) is 7.56. The predicted octanol–water partition coefficient (Wildman–Crippen LogP) is 6.68. The normalized spacial score (nSPS) is 27.6. The van der Waals surface area contributed by atoms with Crippen molar-refractivity contribution in [2.45, 2.75) is 69.6 Å². The van der Waals surface area contributed by atoms with Crippen LogP contribution in [0.2, 0.25) is 5.02 Å². The van der Waals surface area contributed by atoms with E-state index in [1.807, 2.05) is 6.07 Å². The molecular formula is C29H33ClN4. The number of nitrogens with one attached hydrogen (secondary N) is 2. The van der Waals surface area contributed by atoms with Gasteiger partial charge in [-0.05, 0) is 88.2 Å². The van der Waals surface area contributed by atoms with Crippen molar-refractivity contribution < 1.29 is 0 Å². The molecule has 176 valence electrons. The number of aromatic nitrogens is 2. The number of H-pyrrole nitrogens is 2. The van der Waals surface area contributed by atoms with E-state index in [9.17, 15) is 0 Å². The van der Waals surface area contributed by atoms with Gasteiger partial charge in [-0.1, -0.05) is 23.2 Å². The van der Waals surface area contributed by atoms with E-state index in [0.717, 1.165) is 23.5 Å². The van der Waals surface area contributed by atoms with Crippen LogP contribution in [0, 0.1) is 6.92 Å². The van der Waals surface area contributed by atoms with Crippen molar-refractivity contribution in [1.29, 1.82) is 0 Å². The molecule has 2 saturated heterocycles. The lowest BCUT2D eigenvalue weighted by Gasteiger charge is -2.31. The third kappa shape index (κ3) is 3.05. The lowest BCUT2D eigenvalue weighted by atomic mass is 9.97. The van der Waals surface area contributed by atoms with E-state index in [-0.39, 0.29) is 0 Å². The van der Waals surface area contributed by atoms with Crippen LogP contribution >= 0.6 is 11.6 Å². The van der Waals surface area contributed by atoms with Crippen LogP contribution < -0.4 is 0 Å². The average Bonchev–Trinajstić information content (AvgIpc) is 3.48. The molecule has 34 heavy (non-hydrogen) atoms. The standard InChI is InChI=1S/C15H18N2.C14H15ClN2/c1-9-3-5-12-11(7-9)15-13(16-12)8-10-4-6-14(15)17(10)2;1-17-9-3-5-13(17)14-10-6-8(15)2-4-11(10)16-12(14)7-9/h3,5,7,10,14,16H,4,6,8H2,1-2H3;2,4,6,9,13,16H,3,5,7H2,1H3. The van der Waals surface area contributed by atoms with Crippen molar-refractivity contribution in [2.75, 3.05) is 14.1 Å². The number of hydrogen-bond donors (Lipinski definition) is 2. The molecule has 4 aliphatic rings. The highest BCUT2D eigenvalue weighted by Gasteiger charge is 2.40. The third-order valence-electron chi connectivity index (χ3n) is 9.19. The molecule has 2 aromatic heterocycles. The summed E-state index contributed by atoms with van der Waals surface area (Å²) in [6.07, 6.45) is 7.66. The lowest BCUT2D eigenvalue weighted by Crippen LogP contribution is -2.33. The Kier molecular flexibility index (Phi) is 4.71. The minimum absolute atomic E-state index is 0.593. The molecule has 0 amide bonds. The molecule has 0 saturated carbocycles. The Hall–Kier alpha value is -2.27. The van der Waals surface area contributed by atoms with Gasteiger partial charge in [0.15, 0.2) is 0 Å². The number of likely N-dealkylation sites (N-methyl/N-ethyl adjacent to an activating group) is 2. The number of aromatic amines is 2. The SMILES string of the molecule is CN1C2CCC1c1c([nH]c3ccc(Cl)cc13)C2.Cc1ccc2[nH]c3c(c2c1)C1CCC(C3)N1C. The van der Waals surface area contributed by atoms with E-state index in [2.05, 4.69) is 71.1 Å². The Morgan fingerprint density at radius 2 is 1.26 bits per heavy atom. The maximum Gasteiger partial charge on any atom is 0.0460 e. The minimum Gasteiger partial charge on any atom is -0.358 e. The average molecular weight is 473 g/mol. The highest BCUT2D eigenvalue weighted by molar-refractivity contribution is 6.31. The van der Waals surface area contributed by atoms with Gasteiger partial charge in [0.25, 0.3) is 0 Å². The summed E-state index contributed by atoms with van der Waals surface area (Å²) in [5.41, 5.74) is 9.94. The molecule has 4 unspecified atom stereocenters. The van der Waals surface area contributed by atoms with Crippen molar-refractivity contribution >= 4 is 33.4 Å². The molecule has 4 aliphatic heterocycles. The number of benzene rings is 2. The zero-order chi connectivity index (χ0) is 23.1. The summed E-state index contributed by atoms with van der Waals surface area (Å²) in [7, 11) is 4.55. The Balaban J connectivity index is 0.000000118. The minimum atomic E-state index is 0.593. The van der Waals surface area contributed by atoms with Gasteiger partial charge in [0.05, 0.1) is 0 Å². The van der Waals surface area contributed by atoms with Crippen LogP contribution in [-0.4, -0.2) is 45.9 Å². The molecule has 2 fully saturated rings. The van der Waals surface area contributed by atoms with Gasteiger partial charge in [-0.2, -0.15) is 0 Å². The van der Waals surface area contributed by atoms with Gasteiger partial charge in [0.1, 0.15) is 0 Å². The van der Waals surface area contributed by atoms with Crippen molar-refractivity contribution in [2.24, 2.45) is 0 Å². The van der Waals surface area contributed by atoms with Gasteiger partial charge in [-0.25, -0.2) is 0 Å². The van der Waals surface area contributed by atoms with E-state index in [4.69, 9.17) is 11.6 Å². The molecule has 8 rings (SSSR count). The number of hydrogen-bond acceptors (Lipinski definition) is 2. The maximum atomic E-state index is 6.13. The Bertz CT molecular complexity index is 1310. The number of nitrogens with zero attached hydrogens (tertiary/aromatic N) is 2. The summed E-state index contributed by atoms with van der Waals surface area (Å²) in [6.45, 7) is 2.18. The van der Waals surface area contributed by atoms with Crippen LogP contribution in [0.5, 0.6) is 0 Å². The zero-order valence-electron chi connectivity index (χ0n) is 20.3. The second-order valence-electron chi connectivity index (χ2n) is 11.0. The van der Waals surface area contributed by atoms with Crippen LogP contribution in [0.25, 0.3) is 21.8 Å². The second-order valence-corrected chi connectivity index (χ2v) is 11.4. The molecule has 4 aromatic rings. The van der Waals surface area contributed by atoms with Crippen LogP contribution in [0.1, 0.15) is 65.8 Å². The van der Waals surface area contributed by atoms with Gasteiger partial charge < -0.3 is 9.97 Å².